The van der Waals surface area contributed by atoms with Crippen LogP contribution in [-0.4, -0.2) is 42.1 Å². The number of carboxylic acid groups (broad SMARTS) is 1. The van der Waals surface area contributed by atoms with Crippen LogP contribution in [0.3, 0.4) is 0 Å². The summed E-state index contributed by atoms with van der Waals surface area (Å²) in [5.41, 5.74) is 0.335. The quantitative estimate of drug-likeness (QED) is 0.747. The van der Waals surface area contributed by atoms with Gasteiger partial charge in [-0.2, -0.15) is 0 Å². The van der Waals surface area contributed by atoms with Gasteiger partial charge in [0.15, 0.2) is 0 Å². The molecule has 100 valence electrons. The second-order valence-corrected chi connectivity index (χ2v) is 4.07. The molecule has 1 atom stereocenters. The number of aromatic nitrogens is 1. The van der Waals surface area contributed by atoms with Crippen molar-refractivity contribution in [3.05, 3.63) is 23.9 Å². The number of terminal acetylenes is 1. The normalized spacial score (nSPS) is 11.2. The van der Waals surface area contributed by atoms with Crippen LogP contribution in [0, 0.1) is 12.3 Å². The number of rotatable bonds is 5. The summed E-state index contributed by atoms with van der Waals surface area (Å²) in [6.45, 7) is 0. The van der Waals surface area contributed by atoms with Gasteiger partial charge in [0.25, 0.3) is 5.91 Å². The number of pyridine rings is 1. The number of nitrogens with zero attached hydrogens (tertiary/aromatic N) is 2. The molecule has 6 nitrogen and oxygen atoms in total. The first-order valence-electron chi connectivity index (χ1n) is 5.56. The number of hydrogen-bond acceptors (Lipinski definition) is 4. The van der Waals surface area contributed by atoms with E-state index >= 15 is 0 Å². The highest BCUT2D eigenvalue weighted by Gasteiger charge is 2.19. The monoisotopic (exact) mass is 261 g/mol. The van der Waals surface area contributed by atoms with E-state index in [4.69, 9.17) is 11.5 Å². The molecule has 1 aromatic rings. The fourth-order valence-electron chi connectivity index (χ4n) is 1.36. The van der Waals surface area contributed by atoms with Crippen LogP contribution in [-0.2, 0) is 4.79 Å². The summed E-state index contributed by atoms with van der Waals surface area (Å²) in [5, 5.41) is 11.3. The third-order valence-electron chi connectivity index (χ3n) is 2.39. The molecule has 0 saturated carbocycles. The molecular formula is C13H15N3O3. The Bertz CT molecular complexity index is 520. The van der Waals surface area contributed by atoms with E-state index in [9.17, 15) is 9.59 Å². The van der Waals surface area contributed by atoms with Gasteiger partial charge in [0.05, 0.1) is 0 Å². The molecular weight excluding hydrogens is 246 g/mol. The van der Waals surface area contributed by atoms with Gasteiger partial charge >= 0.3 is 5.97 Å². The molecule has 19 heavy (non-hydrogen) atoms. The highest BCUT2D eigenvalue weighted by atomic mass is 16.4. The van der Waals surface area contributed by atoms with Crippen molar-refractivity contribution < 1.29 is 14.7 Å². The summed E-state index contributed by atoms with van der Waals surface area (Å²) < 4.78 is 0. The molecule has 0 aliphatic heterocycles. The number of nitrogens with one attached hydrogen (secondary N) is 1. The Kier molecular flexibility index (Phi) is 4.89. The Morgan fingerprint density at radius 3 is 2.79 bits per heavy atom. The average molecular weight is 261 g/mol. The highest BCUT2D eigenvalue weighted by Crippen LogP contribution is 2.09. The van der Waals surface area contributed by atoms with Crippen molar-refractivity contribution in [3.8, 4) is 12.3 Å². The third kappa shape index (κ3) is 4.00. The van der Waals surface area contributed by atoms with Crippen LogP contribution in [0.5, 0.6) is 0 Å². The largest absolute Gasteiger partial charge is 0.480 e. The number of carbonyl (C=O) groups is 2. The van der Waals surface area contributed by atoms with Gasteiger partial charge < -0.3 is 15.3 Å². The molecule has 0 bridgehead atoms. The summed E-state index contributed by atoms with van der Waals surface area (Å²) in [6.07, 6.45) is 6.49. The fourth-order valence-corrected chi connectivity index (χ4v) is 1.36. The van der Waals surface area contributed by atoms with Gasteiger partial charge in [-0.25, -0.2) is 9.78 Å². The van der Waals surface area contributed by atoms with Crippen molar-refractivity contribution in [2.45, 2.75) is 12.5 Å². The number of anilines is 1. The lowest BCUT2D eigenvalue weighted by atomic mass is 10.2. The summed E-state index contributed by atoms with van der Waals surface area (Å²) in [6, 6.07) is 2.00. The maximum Gasteiger partial charge on any atom is 0.327 e. The molecule has 6 heteroatoms. The third-order valence-corrected chi connectivity index (χ3v) is 2.39. The summed E-state index contributed by atoms with van der Waals surface area (Å²) >= 11 is 0. The van der Waals surface area contributed by atoms with Gasteiger partial charge in [0.1, 0.15) is 11.9 Å². The Morgan fingerprint density at radius 2 is 2.26 bits per heavy atom. The zero-order chi connectivity index (χ0) is 14.4. The molecule has 0 aromatic carbocycles. The van der Waals surface area contributed by atoms with Gasteiger partial charge in [-0.1, -0.05) is 0 Å². The molecule has 1 unspecified atom stereocenters. The van der Waals surface area contributed by atoms with E-state index in [2.05, 4.69) is 16.2 Å². The topological polar surface area (TPSA) is 82.5 Å². The molecule has 0 radical (unpaired) electrons. The predicted molar refractivity (Wildman–Crippen MR) is 70.9 cm³/mol. The minimum atomic E-state index is -1.16. The fraction of sp³-hybridized carbons (Fsp3) is 0.308. The minimum Gasteiger partial charge on any atom is -0.480 e. The van der Waals surface area contributed by atoms with E-state index in [0.717, 1.165) is 0 Å². The second kappa shape index (κ2) is 6.40. The van der Waals surface area contributed by atoms with E-state index in [1.807, 2.05) is 0 Å². The van der Waals surface area contributed by atoms with Crippen molar-refractivity contribution in [3.63, 3.8) is 0 Å². The smallest absolute Gasteiger partial charge is 0.327 e. The van der Waals surface area contributed by atoms with E-state index in [1.54, 1.807) is 25.1 Å². The first kappa shape index (κ1) is 14.5. The van der Waals surface area contributed by atoms with Crippen LogP contribution in [0.2, 0.25) is 0 Å². The molecule has 1 heterocycles. The molecule has 0 spiro atoms. The predicted octanol–water partition coefficient (Wildman–Crippen LogP) is 0.354. The lowest BCUT2D eigenvalue weighted by Gasteiger charge is -2.14. The molecule has 0 fully saturated rings. The van der Waals surface area contributed by atoms with Crippen LogP contribution in [0.15, 0.2) is 18.3 Å². The van der Waals surface area contributed by atoms with Crippen LogP contribution >= 0.6 is 0 Å². The molecule has 1 aromatic heterocycles. The molecule has 2 N–H and O–H groups in total. The van der Waals surface area contributed by atoms with Crippen LogP contribution in [0.25, 0.3) is 0 Å². The molecule has 0 aliphatic carbocycles. The first-order valence-corrected chi connectivity index (χ1v) is 5.56. The van der Waals surface area contributed by atoms with E-state index in [-0.39, 0.29) is 6.42 Å². The molecule has 0 aliphatic rings. The number of carboxylic acids is 1. The SMILES string of the molecule is C#CCC(NC(=O)c1ccnc(N(C)C)c1)C(=O)O. The van der Waals surface area contributed by atoms with Gasteiger partial charge in [-0.15, -0.1) is 12.3 Å². The maximum absolute atomic E-state index is 11.9. The maximum atomic E-state index is 11.9. The van der Waals surface area contributed by atoms with Crippen molar-refractivity contribution in [2.75, 3.05) is 19.0 Å². The van der Waals surface area contributed by atoms with Crippen LogP contribution in [0.1, 0.15) is 16.8 Å². The van der Waals surface area contributed by atoms with Gasteiger partial charge in [0, 0.05) is 32.3 Å². The Balaban J connectivity index is 2.86. The molecule has 0 saturated heterocycles. The van der Waals surface area contributed by atoms with Crippen molar-refractivity contribution in [2.24, 2.45) is 0 Å². The standard InChI is InChI=1S/C13H15N3O3/c1-4-5-10(13(18)19)15-12(17)9-6-7-14-11(8-9)16(2)3/h1,6-8,10H,5H2,2-3H3,(H,15,17)(H,18,19). The van der Waals surface area contributed by atoms with Gasteiger partial charge in [-0.3, -0.25) is 4.79 Å². The van der Waals surface area contributed by atoms with Crippen LogP contribution < -0.4 is 10.2 Å². The van der Waals surface area contributed by atoms with Gasteiger partial charge in [-0.05, 0) is 12.1 Å². The van der Waals surface area contributed by atoms with E-state index in [1.165, 1.54) is 12.3 Å². The number of carbonyl (C=O) groups excluding carboxylic acids is 1. The lowest BCUT2D eigenvalue weighted by Crippen LogP contribution is -2.40. The zero-order valence-corrected chi connectivity index (χ0v) is 10.8. The first-order chi connectivity index (χ1) is 8.95. The Hall–Kier alpha value is -2.55. The molecule has 1 amide bonds. The Labute approximate surface area is 111 Å². The van der Waals surface area contributed by atoms with E-state index < -0.39 is 17.9 Å². The number of amides is 1. The summed E-state index contributed by atoms with van der Waals surface area (Å²) in [7, 11) is 3.59. The second-order valence-electron chi connectivity index (χ2n) is 4.07. The average Bonchev–Trinajstić information content (AvgIpc) is 2.38. The minimum absolute atomic E-state index is 0.0628. The zero-order valence-electron chi connectivity index (χ0n) is 10.8. The van der Waals surface area contributed by atoms with Crippen molar-refractivity contribution >= 4 is 17.7 Å². The number of aliphatic carboxylic acids is 1. The number of hydrogen-bond donors (Lipinski definition) is 2. The van der Waals surface area contributed by atoms with Crippen molar-refractivity contribution in [1.82, 2.24) is 10.3 Å². The summed E-state index contributed by atoms with van der Waals surface area (Å²) in [5.74, 6) is 1.18. The molecule has 1 rings (SSSR count). The van der Waals surface area contributed by atoms with Crippen molar-refractivity contribution in [1.29, 1.82) is 0 Å². The lowest BCUT2D eigenvalue weighted by molar-refractivity contribution is -0.139. The summed E-state index contributed by atoms with van der Waals surface area (Å²) in [4.78, 5) is 28.6. The van der Waals surface area contributed by atoms with Gasteiger partial charge in [0.2, 0.25) is 0 Å². The Morgan fingerprint density at radius 1 is 1.58 bits per heavy atom. The van der Waals surface area contributed by atoms with Crippen LogP contribution in [0.4, 0.5) is 5.82 Å². The highest BCUT2D eigenvalue weighted by molar-refractivity contribution is 5.97. The van der Waals surface area contributed by atoms with E-state index in [0.29, 0.717) is 11.4 Å².